The molecule has 0 aromatic carbocycles. The second-order valence-electron chi connectivity index (χ2n) is 4.35. The van der Waals surface area contributed by atoms with Crippen molar-refractivity contribution in [2.75, 3.05) is 6.54 Å². The van der Waals surface area contributed by atoms with Gasteiger partial charge in [0.2, 0.25) is 5.91 Å². The third-order valence-electron chi connectivity index (χ3n) is 2.67. The minimum Gasteiger partial charge on any atom is -0.356 e. The van der Waals surface area contributed by atoms with Crippen LogP contribution in [0.3, 0.4) is 0 Å². The van der Waals surface area contributed by atoms with E-state index in [4.69, 9.17) is 0 Å². The van der Waals surface area contributed by atoms with Crippen LogP contribution in [0.2, 0.25) is 0 Å². The Bertz CT molecular complexity index is 426. The number of unbranched alkanes of at least 4 members (excludes halogenated alkanes) is 1. The zero-order chi connectivity index (χ0) is 14.5. The maximum Gasteiger partial charge on any atom is 0.435 e. The van der Waals surface area contributed by atoms with E-state index >= 15 is 0 Å². The molecular formula is C12H18F3N3O. The first-order valence-corrected chi connectivity index (χ1v) is 6.23. The topological polar surface area (TPSA) is 46.9 Å². The summed E-state index contributed by atoms with van der Waals surface area (Å²) in [6, 6.07) is 0.981. The lowest BCUT2D eigenvalue weighted by atomic mass is 10.3. The first-order chi connectivity index (χ1) is 8.84. The Hall–Kier alpha value is -1.53. The Labute approximate surface area is 110 Å². The summed E-state index contributed by atoms with van der Waals surface area (Å²) in [5.74, 6) is -0.170. The van der Waals surface area contributed by atoms with Gasteiger partial charge in [0.25, 0.3) is 0 Å². The van der Waals surface area contributed by atoms with Crippen molar-refractivity contribution in [2.45, 2.75) is 45.8 Å². The lowest BCUT2D eigenvalue weighted by molar-refractivity contribution is -0.141. The zero-order valence-electron chi connectivity index (χ0n) is 11.0. The molecule has 0 aliphatic carbocycles. The summed E-state index contributed by atoms with van der Waals surface area (Å²) in [5.41, 5.74) is -0.523. The molecule has 0 saturated carbocycles. The Morgan fingerprint density at radius 1 is 1.47 bits per heavy atom. The van der Waals surface area contributed by atoms with Crippen molar-refractivity contribution >= 4 is 5.91 Å². The van der Waals surface area contributed by atoms with Gasteiger partial charge in [0.15, 0.2) is 5.69 Å². The fourth-order valence-electron chi connectivity index (χ4n) is 1.58. The first-order valence-electron chi connectivity index (χ1n) is 6.23. The van der Waals surface area contributed by atoms with Gasteiger partial charge in [-0.1, -0.05) is 13.3 Å². The molecule has 0 fully saturated rings. The predicted molar refractivity (Wildman–Crippen MR) is 64.5 cm³/mol. The van der Waals surface area contributed by atoms with Crippen LogP contribution in [0.1, 0.15) is 37.6 Å². The fourth-order valence-corrected chi connectivity index (χ4v) is 1.58. The average molecular weight is 277 g/mol. The minimum absolute atomic E-state index is 0.129. The van der Waals surface area contributed by atoms with Crippen LogP contribution in [0, 0.1) is 6.92 Å². The lowest BCUT2D eigenvalue weighted by Crippen LogP contribution is -2.25. The molecule has 1 aromatic rings. The Morgan fingerprint density at radius 3 is 2.68 bits per heavy atom. The highest BCUT2D eigenvalue weighted by Gasteiger charge is 2.34. The molecule has 0 unspecified atom stereocenters. The Morgan fingerprint density at radius 2 is 2.16 bits per heavy atom. The highest BCUT2D eigenvalue weighted by molar-refractivity contribution is 5.75. The van der Waals surface area contributed by atoms with Gasteiger partial charge < -0.3 is 5.32 Å². The summed E-state index contributed by atoms with van der Waals surface area (Å²) in [7, 11) is 0. The van der Waals surface area contributed by atoms with Crippen molar-refractivity contribution < 1.29 is 18.0 Å². The van der Waals surface area contributed by atoms with Gasteiger partial charge in [0.1, 0.15) is 0 Å². The molecule has 0 aliphatic heterocycles. The molecule has 19 heavy (non-hydrogen) atoms. The van der Waals surface area contributed by atoms with Crippen molar-refractivity contribution in [3.63, 3.8) is 0 Å². The Balaban J connectivity index is 2.49. The van der Waals surface area contributed by atoms with Gasteiger partial charge in [0.05, 0.1) is 0 Å². The van der Waals surface area contributed by atoms with Crippen LogP contribution in [0.25, 0.3) is 0 Å². The molecular weight excluding hydrogens is 259 g/mol. The molecule has 0 aliphatic rings. The van der Waals surface area contributed by atoms with Gasteiger partial charge in [-0.2, -0.15) is 18.3 Å². The second kappa shape index (κ2) is 6.58. The van der Waals surface area contributed by atoms with Crippen LogP contribution < -0.4 is 5.32 Å². The standard InChI is InChI=1S/C12H18F3N3O/c1-3-4-6-16-11(19)5-7-18-9(2)8-10(17-18)12(13,14)15/h8H,3-7H2,1-2H3,(H,16,19). The van der Waals surface area contributed by atoms with Crippen molar-refractivity contribution in [3.05, 3.63) is 17.5 Å². The number of nitrogens with one attached hydrogen (secondary N) is 1. The van der Waals surface area contributed by atoms with E-state index in [-0.39, 0.29) is 18.9 Å². The van der Waals surface area contributed by atoms with Crippen LogP contribution in [0.15, 0.2) is 6.07 Å². The highest BCUT2D eigenvalue weighted by atomic mass is 19.4. The number of nitrogens with zero attached hydrogens (tertiary/aromatic N) is 2. The molecule has 0 spiro atoms. The maximum atomic E-state index is 12.4. The third kappa shape index (κ3) is 4.92. The largest absolute Gasteiger partial charge is 0.435 e. The van der Waals surface area contributed by atoms with Crippen molar-refractivity contribution in [1.82, 2.24) is 15.1 Å². The molecule has 1 heterocycles. The van der Waals surface area contributed by atoms with Gasteiger partial charge >= 0.3 is 6.18 Å². The SMILES string of the molecule is CCCCNC(=O)CCn1nc(C(F)(F)F)cc1C. The van der Waals surface area contributed by atoms with Crippen LogP contribution in [-0.4, -0.2) is 22.2 Å². The number of halogens is 3. The van der Waals surface area contributed by atoms with Gasteiger partial charge in [-0.25, -0.2) is 0 Å². The van der Waals surface area contributed by atoms with E-state index in [2.05, 4.69) is 10.4 Å². The third-order valence-corrected chi connectivity index (χ3v) is 2.67. The molecule has 1 rings (SSSR count). The Kier molecular flexibility index (Phi) is 5.38. The van der Waals surface area contributed by atoms with E-state index in [1.807, 2.05) is 6.92 Å². The summed E-state index contributed by atoms with van der Waals surface area (Å²) in [4.78, 5) is 11.4. The number of hydrogen-bond donors (Lipinski definition) is 1. The van der Waals surface area contributed by atoms with E-state index in [1.54, 1.807) is 0 Å². The van der Waals surface area contributed by atoms with Crippen LogP contribution in [0.5, 0.6) is 0 Å². The molecule has 0 saturated heterocycles. The fraction of sp³-hybridized carbons (Fsp3) is 0.667. The number of carbonyl (C=O) groups is 1. The van der Waals surface area contributed by atoms with E-state index in [1.165, 1.54) is 11.6 Å². The molecule has 108 valence electrons. The van der Waals surface area contributed by atoms with Crippen LogP contribution >= 0.6 is 0 Å². The highest BCUT2D eigenvalue weighted by Crippen LogP contribution is 2.28. The number of rotatable bonds is 6. The zero-order valence-corrected chi connectivity index (χ0v) is 11.0. The second-order valence-corrected chi connectivity index (χ2v) is 4.35. The number of alkyl halides is 3. The van der Waals surface area contributed by atoms with Crippen molar-refractivity contribution in [3.8, 4) is 0 Å². The number of hydrogen-bond acceptors (Lipinski definition) is 2. The number of aryl methyl sites for hydroxylation is 2. The molecule has 4 nitrogen and oxygen atoms in total. The summed E-state index contributed by atoms with van der Waals surface area (Å²) < 4.78 is 38.5. The molecule has 0 radical (unpaired) electrons. The maximum absolute atomic E-state index is 12.4. The molecule has 1 N–H and O–H groups in total. The molecule has 1 aromatic heterocycles. The lowest BCUT2D eigenvalue weighted by Gasteiger charge is -2.06. The van der Waals surface area contributed by atoms with Gasteiger partial charge in [-0.15, -0.1) is 0 Å². The normalized spacial score (nSPS) is 11.6. The summed E-state index contributed by atoms with van der Waals surface area (Å²) in [6.07, 6.45) is -2.44. The van der Waals surface area contributed by atoms with Crippen molar-refractivity contribution in [1.29, 1.82) is 0 Å². The van der Waals surface area contributed by atoms with E-state index in [0.29, 0.717) is 12.2 Å². The minimum atomic E-state index is -4.45. The molecule has 7 heteroatoms. The van der Waals surface area contributed by atoms with Gasteiger partial charge in [0, 0.05) is 25.2 Å². The van der Waals surface area contributed by atoms with Crippen molar-refractivity contribution in [2.24, 2.45) is 0 Å². The van der Waals surface area contributed by atoms with Crippen LogP contribution in [0.4, 0.5) is 13.2 Å². The first kappa shape index (κ1) is 15.5. The van der Waals surface area contributed by atoms with E-state index in [0.717, 1.165) is 18.9 Å². The summed E-state index contributed by atoms with van der Waals surface area (Å²) in [6.45, 7) is 4.30. The monoisotopic (exact) mass is 277 g/mol. The predicted octanol–water partition coefficient (Wildman–Crippen LogP) is 2.52. The van der Waals surface area contributed by atoms with E-state index in [9.17, 15) is 18.0 Å². The molecule has 0 atom stereocenters. The smallest absolute Gasteiger partial charge is 0.356 e. The summed E-state index contributed by atoms with van der Waals surface area (Å²) in [5, 5.41) is 6.17. The quantitative estimate of drug-likeness (QED) is 0.812. The van der Waals surface area contributed by atoms with Gasteiger partial charge in [-0.05, 0) is 19.4 Å². The van der Waals surface area contributed by atoms with Crippen LogP contribution in [-0.2, 0) is 17.5 Å². The average Bonchev–Trinajstić information content (AvgIpc) is 2.68. The number of aromatic nitrogens is 2. The van der Waals surface area contributed by atoms with Gasteiger partial charge in [-0.3, -0.25) is 9.48 Å². The number of carbonyl (C=O) groups excluding carboxylic acids is 1. The molecule has 1 amide bonds. The van der Waals surface area contributed by atoms with E-state index < -0.39 is 11.9 Å². The summed E-state index contributed by atoms with van der Waals surface area (Å²) >= 11 is 0. The number of amides is 1. The molecule has 0 bridgehead atoms.